The Morgan fingerprint density at radius 2 is 1.41 bits per heavy atom. The number of amides is 3. The Labute approximate surface area is 214 Å². The summed E-state index contributed by atoms with van der Waals surface area (Å²) in [6.07, 6.45) is 0. The smallest absolute Gasteiger partial charge is 0.338 e. The number of rotatable bonds is 6. The summed E-state index contributed by atoms with van der Waals surface area (Å²) in [6.45, 7) is 7.14. The van der Waals surface area contributed by atoms with Crippen molar-refractivity contribution >= 4 is 40.8 Å². The van der Waals surface area contributed by atoms with Gasteiger partial charge in [0.25, 0.3) is 11.8 Å². The average molecular weight is 499 g/mol. The van der Waals surface area contributed by atoms with E-state index in [0.29, 0.717) is 16.9 Å². The lowest BCUT2D eigenvalue weighted by atomic mass is 9.86. The largest absolute Gasteiger partial charge is 0.454 e. The number of carbonyl (C=O) groups is 5. The van der Waals surface area contributed by atoms with Gasteiger partial charge in [-0.05, 0) is 53.4 Å². The highest BCUT2D eigenvalue weighted by molar-refractivity contribution is 6.34. The van der Waals surface area contributed by atoms with E-state index in [1.54, 1.807) is 36.4 Å². The molecule has 0 spiro atoms. The molecule has 1 aliphatic heterocycles. The maximum atomic E-state index is 13.0. The molecular formula is C29H26N2O6. The number of esters is 1. The lowest BCUT2D eigenvalue weighted by Crippen LogP contribution is -2.29. The van der Waals surface area contributed by atoms with Crippen LogP contribution in [0.1, 0.15) is 74.7 Å². The van der Waals surface area contributed by atoms with Gasteiger partial charge in [0.15, 0.2) is 12.4 Å². The van der Waals surface area contributed by atoms with Gasteiger partial charge < -0.3 is 10.1 Å². The van der Waals surface area contributed by atoms with Gasteiger partial charge in [0.1, 0.15) is 0 Å². The SMILES string of the molecule is CC(=O)Nc1ccc(N2C(=O)c3ccc(C(=O)OCC(=O)c4ccc(C(C)(C)C)cc4)cc3C2=O)cc1. The molecule has 0 aliphatic carbocycles. The molecule has 188 valence electrons. The molecule has 8 nitrogen and oxygen atoms in total. The maximum Gasteiger partial charge on any atom is 0.338 e. The highest BCUT2D eigenvalue weighted by atomic mass is 16.5. The molecule has 0 unspecified atom stereocenters. The van der Waals surface area contributed by atoms with Gasteiger partial charge in [-0.25, -0.2) is 9.69 Å². The van der Waals surface area contributed by atoms with Crippen molar-refractivity contribution in [2.75, 3.05) is 16.8 Å². The highest BCUT2D eigenvalue weighted by Crippen LogP contribution is 2.30. The van der Waals surface area contributed by atoms with Crippen LogP contribution in [-0.2, 0) is 14.9 Å². The minimum absolute atomic E-state index is 0.0494. The fourth-order valence-electron chi connectivity index (χ4n) is 3.95. The third-order valence-corrected chi connectivity index (χ3v) is 5.98. The second-order valence-corrected chi connectivity index (χ2v) is 9.76. The van der Waals surface area contributed by atoms with Crippen LogP contribution in [0.4, 0.5) is 11.4 Å². The fraction of sp³-hybridized carbons (Fsp3) is 0.207. The van der Waals surface area contributed by atoms with Gasteiger partial charge in [-0.15, -0.1) is 0 Å². The molecule has 0 saturated carbocycles. The summed E-state index contributed by atoms with van der Waals surface area (Å²) in [6, 6.07) is 17.5. The number of hydrogen-bond donors (Lipinski definition) is 1. The van der Waals surface area contributed by atoms with Crippen LogP contribution >= 0.6 is 0 Å². The second-order valence-electron chi connectivity index (χ2n) is 9.76. The van der Waals surface area contributed by atoms with Crippen LogP contribution in [0.25, 0.3) is 0 Å². The Balaban J connectivity index is 1.45. The van der Waals surface area contributed by atoms with Gasteiger partial charge in [0.2, 0.25) is 5.91 Å². The number of Topliss-reactive ketones (excluding diaryl/α,β-unsaturated/α-hetero) is 1. The second kappa shape index (κ2) is 9.81. The predicted octanol–water partition coefficient (Wildman–Crippen LogP) is 4.78. The first-order valence-electron chi connectivity index (χ1n) is 11.7. The first-order valence-corrected chi connectivity index (χ1v) is 11.7. The molecule has 1 aliphatic rings. The number of carbonyl (C=O) groups excluding carboxylic acids is 5. The zero-order chi connectivity index (χ0) is 26.9. The van der Waals surface area contributed by atoms with E-state index in [2.05, 4.69) is 26.1 Å². The molecule has 3 aromatic carbocycles. The Bertz CT molecular complexity index is 1420. The molecular weight excluding hydrogens is 472 g/mol. The van der Waals surface area contributed by atoms with E-state index in [1.807, 2.05) is 12.1 Å². The molecule has 0 fully saturated rings. The third-order valence-electron chi connectivity index (χ3n) is 5.98. The first-order chi connectivity index (χ1) is 17.5. The lowest BCUT2D eigenvalue weighted by molar-refractivity contribution is -0.114. The van der Waals surface area contributed by atoms with E-state index in [0.717, 1.165) is 10.5 Å². The summed E-state index contributed by atoms with van der Waals surface area (Å²) >= 11 is 0. The standard InChI is InChI=1S/C29H26N2O6/c1-17(32)30-21-10-12-22(13-11-21)31-26(34)23-14-7-19(15-24(23)27(31)35)28(36)37-16-25(33)18-5-8-20(9-6-18)29(2,3)4/h5-15H,16H2,1-4H3,(H,30,32). The Hall–Kier alpha value is -4.59. The molecule has 37 heavy (non-hydrogen) atoms. The molecule has 0 saturated heterocycles. The molecule has 0 aromatic heterocycles. The highest BCUT2D eigenvalue weighted by Gasteiger charge is 2.37. The molecule has 3 amide bonds. The first kappa shape index (κ1) is 25.5. The van der Waals surface area contributed by atoms with Gasteiger partial charge in [-0.3, -0.25) is 19.2 Å². The average Bonchev–Trinajstić information content (AvgIpc) is 3.11. The number of imide groups is 1. The number of hydrogen-bond acceptors (Lipinski definition) is 6. The van der Waals surface area contributed by atoms with E-state index in [9.17, 15) is 24.0 Å². The number of nitrogens with zero attached hydrogens (tertiary/aromatic N) is 1. The van der Waals surface area contributed by atoms with Crippen LogP contribution in [0, 0.1) is 0 Å². The topological polar surface area (TPSA) is 110 Å². The minimum atomic E-state index is -0.777. The van der Waals surface area contributed by atoms with E-state index < -0.39 is 24.4 Å². The van der Waals surface area contributed by atoms with Gasteiger partial charge >= 0.3 is 5.97 Å². The van der Waals surface area contributed by atoms with Crippen LogP contribution in [0.2, 0.25) is 0 Å². The van der Waals surface area contributed by atoms with Crippen molar-refractivity contribution in [1.29, 1.82) is 0 Å². The van der Waals surface area contributed by atoms with Crippen LogP contribution in [0.3, 0.4) is 0 Å². The molecule has 0 atom stereocenters. The van der Waals surface area contributed by atoms with E-state index in [1.165, 1.54) is 25.1 Å². The monoisotopic (exact) mass is 498 g/mol. The number of ether oxygens (including phenoxy) is 1. The summed E-state index contributed by atoms with van der Waals surface area (Å²) in [7, 11) is 0. The normalized spacial score (nSPS) is 12.8. The number of anilines is 2. The van der Waals surface area contributed by atoms with Gasteiger partial charge in [-0.1, -0.05) is 45.0 Å². The number of fused-ring (bicyclic) bond motifs is 1. The molecule has 1 heterocycles. The summed E-state index contributed by atoms with van der Waals surface area (Å²) in [5, 5.41) is 2.62. The summed E-state index contributed by atoms with van der Waals surface area (Å²) < 4.78 is 5.19. The lowest BCUT2D eigenvalue weighted by Gasteiger charge is -2.18. The quantitative estimate of drug-likeness (QED) is 0.298. The summed E-state index contributed by atoms with van der Waals surface area (Å²) in [5.74, 6) is -2.48. The van der Waals surface area contributed by atoms with E-state index in [4.69, 9.17) is 4.74 Å². The van der Waals surface area contributed by atoms with Crippen molar-refractivity contribution in [2.45, 2.75) is 33.1 Å². The molecule has 0 bridgehead atoms. The van der Waals surface area contributed by atoms with Crippen molar-refractivity contribution < 1.29 is 28.7 Å². The maximum absolute atomic E-state index is 13.0. The summed E-state index contributed by atoms with van der Waals surface area (Å²) in [5.41, 5.74) is 2.58. The fourth-order valence-corrected chi connectivity index (χ4v) is 3.95. The summed E-state index contributed by atoms with van der Waals surface area (Å²) in [4.78, 5) is 63.2. The van der Waals surface area contributed by atoms with Crippen molar-refractivity contribution in [3.63, 3.8) is 0 Å². The Morgan fingerprint density at radius 1 is 0.811 bits per heavy atom. The molecule has 1 N–H and O–H groups in total. The van der Waals surface area contributed by atoms with Crippen LogP contribution in [0.5, 0.6) is 0 Å². The zero-order valence-electron chi connectivity index (χ0n) is 21.0. The molecule has 3 aromatic rings. The van der Waals surface area contributed by atoms with Crippen molar-refractivity contribution in [2.24, 2.45) is 0 Å². The van der Waals surface area contributed by atoms with Crippen LogP contribution in [0.15, 0.2) is 66.7 Å². The van der Waals surface area contributed by atoms with Crippen molar-refractivity contribution in [3.8, 4) is 0 Å². The zero-order valence-corrected chi connectivity index (χ0v) is 21.0. The molecule has 0 radical (unpaired) electrons. The van der Waals surface area contributed by atoms with Gasteiger partial charge in [0, 0.05) is 18.2 Å². The Morgan fingerprint density at radius 3 is 2.00 bits per heavy atom. The number of benzene rings is 3. The van der Waals surface area contributed by atoms with E-state index >= 15 is 0 Å². The predicted molar refractivity (Wildman–Crippen MR) is 138 cm³/mol. The van der Waals surface area contributed by atoms with Crippen molar-refractivity contribution in [1.82, 2.24) is 0 Å². The third kappa shape index (κ3) is 5.33. The minimum Gasteiger partial charge on any atom is -0.454 e. The number of nitrogens with one attached hydrogen (secondary N) is 1. The molecule has 4 rings (SSSR count). The number of ketones is 1. The van der Waals surface area contributed by atoms with Crippen LogP contribution in [-0.4, -0.2) is 36.1 Å². The van der Waals surface area contributed by atoms with Crippen molar-refractivity contribution in [3.05, 3.63) is 94.5 Å². The van der Waals surface area contributed by atoms with Gasteiger partial charge in [0.05, 0.1) is 22.4 Å². The van der Waals surface area contributed by atoms with E-state index in [-0.39, 0.29) is 33.8 Å². The Kier molecular flexibility index (Phi) is 6.76. The van der Waals surface area contributed by atoms with Crippen LogP contribution < -0.4 is 10.2 Å². The molecule has 8 heteroatoms. The van der Waals surface area contributed by atoms with Gasteiger partial charge in [-0.2, -0.15) is 0 Å².